The molecular weight excluding hydrogens is 232 g/mol. The van der Waals surface area contributed by atoms with Crippen LogP contribution in [-0.2, 0) is 14.3 Å². The summed E-state index contributed by atoms with van der Waals surface area (Å²) in [5.41, 5.74) is 0.991. The molecule has 1 aromatic rings. The highest BCUT2D eigenvalue weighted by atomic mass is 16.6. The Morgan fingerprint density at radius 2 is 2.00 bits per heavy atom. The van der Waals surface area contributed by atoms with Crippen molar-refractivity contribution in [1.82, 2.24) is 0 Å². The fourth-order valence-corrected chi connectivity index (χ4v) is 1.87. The Bertz CT molecular complexity index is 515. The van der Waals surface area contributed by atoms with Crippen molar-refractivity contribution in [2.45, 2.75) is 25.6 Å². The maximum absolute atomic E-state index is 11.1. The summed E-state index contributed by atoms with van der Waals surface area (Å²) in [5, 5.41) is 8.82. The summed E-state index contributed by atoms with van der Waals surface area (Å²) in [7, 11) is 0. The predicted molar refractivity (Wildman–Crippen MR) is 65.2 cm³/mol. The van der Waals surface area contributed by atoms with Crippen LogP contribution in [0.2, 0.25) is 0 Å². The van der Waals surface area contributed by atoms with Gasteiger partial charge < -0.3 is 9.84 Å². The van der Waals surface area contributed by atoms with Crippen molar-refractivity contribution >= 4 is 12.3 Å². The standard InChI is InChI=1S/C14H14O4/c1-9-3-5-11(6-4-9)12-14(8-15,18-12)7-10(2)13(16)17/h3-8,12H,1-2H3,(H,16,17). The highest BCUT2D eigenvalue weighted by Crippen LogP contribution is 2.49. The average Bonchev–Trinajstić information content (AvgIpc) is 3.05. The zero-order chi connectivity index (χ0) is 13.3. The third kappa shape index (κ3) is 2.19. The van der Waals surface area contributed by atoms with Crippen LogP contribution in [0.5, 0.6) is 0 Å². The van der Waals surface area contributed by atoms with Crippen molar-refractivity contribution in [1.29, 1.82) is 0 Å². The van der Waals surface area contributed by atoms with Gasteiger partial charge in [-0.1, -0.05) is 29.8 Å². The van der Waals surface area contributed by atoms with E-state index in [-0.39, 0.29) is 11.7 Å². The quantitative estimate of drug-likeness (QED) is 0.501. The molecule has 0 aromatic heterocycles. The second-order valence-corrected chi connectivity index (χ2v) is 4.51. The second-order valence-electron chi connectivity index (χ2n) is 4.51. The lowest BCUT2D eigenvalue weighted by Crippen LogP contribution is -2.13. The van der Waals surface area contributed by atoms with Crippen molar-refractivity contribution in [3.8, 4) is 0 Å². The second kappa shape index (κ2) is 4.38. The number of carbonyl (C=O) groups is 2. The smallest absolute Gasteiger partial charge is 0.331 e. The summed E-state index contributed by atoms with van der Waals surface area (Å²) >= 11 is 0. The molecule has 2 atom stereocenters. The van der Waals surface area contributed by atoms with Gasteiger partial charge in [0.2, 0.25) is 0 Å². The Balaban J connectivity index is 2.25. The predicted octanol–water partition coefficient (Wildman–Crippen LogP) is 2.03. The Kier molecular flexibility index (Phi) is 3.05. The lowest BCUT2D eigenvalue weighted by atomic mass is 9.98. The molecular formula is C14H14O4. The van der Waals surface area contributed by atoms with Crippen LogP contribution < -0.4 is 0 Å². The van der Waals surface area contributed by atoms with Crippen LogP contribution >= 0.6 is 0 Å². The number of hydrogen-bond acceptors (Lipinski definition) is 3. The molecule has 1 heterocycles. The summed E-state index contributed by atoms with van der Waals surface area (Å²) in [6.45, 7) is 3.42. The number of benzene rings is 1. The highest BCUT2D eigenvalue weighted by Gasteiger charge is 2.56. The van der Waals surface area contributed by atoms with Gasteiger partial charge in [-0.15, -0.1) is 0 Å². The molecule has 1 aliphatic rings. The molecule has 0 aliphatic carbocycles. The molecule has 2 unspecified atom stereocenters. The van der Waals surface area contributed by atoms with E-state index in [9.17, 15) is 9.59 Å². The van der Waals surface area contributed by atoms with Gasteiger partial charge in [0.1, 0.15) is 6.10 Å². The van der Waals surface area contributed by atoms with Gasteiger partial charge in [-0.3, -0.25) is 4.79 Å². The van der Waals surface area contributed by atoms with Crippen LogP contribution in [0.3, 0.4) is 0 Å². The molecule has 4 heteroatoms. The van der Waals surface area contributed by atoms with E-state index in [0.717, 1.165) is 11.1 Å². The van der Waals surface area contributed by atoms with Crippen molar-refractivity contribution in [3.05, 3.63) is 47.0 Å². The Morgan fingerprint density at radius 3 is 2.50 bits per heavy atom. The fraction of sp³-hybridized carbons (Fsp3) is 0.286. The normalized spacial score (nSPS) is 26.8. The van der Waals surface area contributed by atoms with Crippen LogP contribution in [0.15, 0.2) is 35.9 Å². The molecule has 0 saturated carbocycles. The molecule has 0 spiro atoms. The number of ether oxygens (including phenoxy) is 1. The topological polar surface area (TPSA) is 66.9 Å². The zero-order valence-corrected chi connectivity index (χ0v) is 10.2. The molecule has 0 amide bonds. The number of aldehydes is 1. The molecule has 4 nitrogen and oxygen atoms in total. The molecule has 2 rings (SSSR count). The summed E-state index contributed by atoms with van der Waals surface area (Å²) in [6, 6.07) is 7.63. The van der Waals surface area contributed by atoms with E-state index in [1.165, 1.54) is 13.0 Å². The van der Waals surface area contributed by atoms with Crippen LogP contribution in [0.25, 0.3) is 0 Å². The number of rotatable bonds is 4. The van der Waals surface area contributed by atoms with Crippen molar-refractivity contribution in [2.75, 3.05) is 0 Å². The molecule has 1 N–H and O–H groups in total. The largest absolute Gasteiger partial charge is 0.478 e. The van der Waals surface area contributed by atoms with Gasteiger partial charge in [-0.05, 0) is 25.5 Å². The molecule has 0 radical (unpaired) electrons. The first kappa shape index (κ1) is 12.5. The van der Waals surface area contributed by atoms with Gasteiger partial charge in [0.05, 0.1) is 0 Å². The van der Waals surface area contributed by atoms with Gasteiger partial charge in [0, 0.05) is 5.57 Å². The van der Waals surface area contributed by atoms with E-state index in [1.54, 1.807) is 0 Å². The van der Waals surface area contributed by atoms with E-state index < -0.39 is 11.6 Å². The number of hydrogen-bond donors (Lipinski definition) is 1. The van der Waals surface area contributed by atoms with Crippen LogP contribution in [-0.4, -0.2) is 23.0 Å². The summed E-state index contributed by atoms with van der Waals surface area (Å²) in [4.78, 5) is 21.9. The van der Waals surface area contributed by atoms with Crippen LogP contribution in [0, 0.1) is 6.92 Å². The molecule has 18 heavy (non-hydrogen) atoms. The number of epoxide rings is 1. The summed E-state index contributed by atoms with van der Waals surface area (Å²) < 4.78 is 5.39. The van der Waals surface area contributed by atoms with E-state index in [2.05, 4.69) is 0 Å². The Hall–Kier alpha value is -1.94. The average molecular weight is 246 g/mol. The SMILES string of the molecule is CC(=CC1(C=O)OC1c1ccc(C)cc1)C(=O)O. The van der Waals surface area contributed by atoms with E-state index >= 15 is 0 Å². The third-order valence-electron chi connectivity index (χ3n) is 3.02. The maximum atomic E-state index is 11.1. The lowest BCUT2D eigenvalue weighted by Gasteiger charge is -2.01. The summed E-state index contributed by atoms with van der Waals surface area (Å²) in [6.07, 6.45) is 1.64. The molecule has 1 saturated heterocycles. The van der Waals surface area contributed by atoms with Gasteiger partial charge in [0.25, 0.3) is 0 Å². The summed E-state index contributed by atoms with van der Waals surface area (Å²) in [5.74, 6) is -1.05. The van der Waals surface area contributed by atoms with Crippen LogP contribution in [0.4, 0.5) is 0 Å². The highest BCUT2D eigenvalue weighted by molar-refractivity contribution is 5.88. The number of carboxylic acids is 1. The number of aryl methyl sites for hydroxylation is 1. The maximum Gasteiger partial charge on any atom is 0.331 e. The third-order valence-corrected chi connectivity index (χ3v) is 3.02. The van der Waals surface area contributed by atoms with Gasteiger partial charge in [-0.2, -0.15) is 0 Å². The first-order valence-electron chi connectivity index (χ1n) is 5.62. The first-order chi connectivity index (χ1) is 8.48. The van der Waals surface area contributed by atoms with Gasteiger partial charge >= 0.3 is 5.97 Å². The fourth-order valence-electron chi connectivity index (χ4n) is 1.87. The number of carbonyl (C=O) groups excluding carboxylic acids is 1. The molecule has 0 bridgehead atoms. The molecule has 1 aliphatic heterocycles. The zero-order valence-electron chi connectivity index (χ0n) is 10.2. The minimum Gasteiger partial charge on any atom is -0.478 e. The number of aliphatic carboxylic acids is 1. The van der Waals surface area contributed by atoms with Crippen molar-refractivity contribution in [2.24, 2.45) is 0 Å². The molecule has 1 aromatic carbocycles. The molecule has 1 fully saturated rings. The minimum absolute atomic E-state index is 0.108. The minimum atomic E-state index is -1.11. The van der Waals surface area contributed by atoms with E-state index in [0.29, 0.717) is 6.29 Å². The van der Waals surface area contributed by atoms with Crippen molar-refractivity contribution < 1.29 is 19.4 Å². The van der Waals surface area contributed by atoms with Crippen molar-refractivity contribution in [3.63, 3.8) is 0 Å². The Morgan fingerprint density at radius 1 is 1.39 bits per heavy atom. The van der Waals surface area contributed by atoms with Gasteiger partial charge in [-0.25, -0.2) is 4.79 Å². The van der Waals surface area contributed by atoms with Crippen LogP contribution in [0.1, 0.15) is 24.2 Å². The van der Waals surface area contributed by atoms with E-state index in [4.69, 9.17) is 9.84 Å². The lowest BCUT2D eigenvalue weighted by molar-refractivity contribution is -0.132. The Labute approximate surface area is 105 Å². The molecule has 94 valence electrons. The first-order valence-corrected chi connectivity index (χ1v) is 5.62. The van der Waals surface area contributed by atoms with Gasteiger partial charge in [0.15, 0.2) is 11.9 Å². The monoisotopic (exact) mass is 246 g/mol. The number of carboxylic acid groups (broad SMARTS) is 1. The van der Waals surface area contributed by atoms with E-state index in [1.807, 2.05) is 31.2 Å².